The first kappa shape index (κ1) is 12.7. The van der Waals surface area contributed by atoms with Crippen LogP contribution >= 0.6 is 0 Å². The number of cyclic esters (lactones) is 1. The number of nitrogens with zero attached hydrogens (tertiary/aromatic N) is 1. The predicted octanol–water partition coefficient (Wildman–Crippen LogP) is 3.44. The van der Waals surface area contributed by atoms with E-state index in [-0.39, 0.29) is 6.61 Å². The molecule has 2 aromatic rings. The second kappa shape index (κ2) is 4.33. The summed E-state index contributed by atoms with van der Waals surface area (Å²) in [7, 11) is 0. The Morgan fingerprint density at radius 2 is 1.90 bits per heavy atom. The van der Waals surface area contributed by atoms with E-state index in [0.29, 0.717) is 22.3 Å². The van der Waals surface area contributed by atoms with Gasteiger partial charge in [0.25, 0.3) is 0 Å². The minimum absolute atomic E-state index is 0.0578. The van der Waals surface area contributed by atoms with Gasteiger partial charge in [0, 0.05) is 23.5 Å². The highest BCUT2D eigenvalue weighted by Crippen LogP contribution is 2.35. The monoisotopic (exact) mass is 279 g/mol. The number of carbonyl (C=O) groups excluding carboxylic acids is 1. The molecule has 1 aliphatic rings. The van der Waals surface area contributed by atoms with Crippen LogP contribution in [0, 0.1) is 0 Å². The molecule has 3 rings (SSSR count). The van der Waals surface area contributed by atoms with Crippen molar-refractivity contribution in [1.82, 2.24) is 4.98 Å². The Bertz CT molecular complexity index is 695. The van der Waals surface area contributed by atoms with Gasteiger partial charge in [0.2, 0.25) is 0 Å². The van der Waals surface area contributed by atoms with Crippen LogP contribution in [0.3, 0.4) is 0 Å². The average molecular weight is 279 g/mol. The fourth-order valence-corrected chi connectivity index (χ4v) is 2.15. The fraction of sp³-hybridized carbons (Fsp3) is 0.143. The molecule has 6 heteroatoms. The zero-order valence-electron chi connectivity index (χ0n) is 10.1. The molecule has 1 aliphatic heterocycles. The first-order valence-corrected chi connectivity index (χ1v) is 5.78. The van der Waals surface area contributed by atoms with Crippen LogP contribution in [0.4, 0.5) is 13.2 Å². The van der Waals surface area contributed by atoms with Crippen LogP contribution < -0.4 is 0 Å². The Hall–Kier alpha value is -2.37. The van der Waals surface area contributed by atoms with E-state index in [2.05, 4.69) is 4.98 Å². The molecule has 0 radical (unpaired) electrons. The van der Waals surface area contributed by atoms with E-state index in [4.69, 9.17) is 4.74 Å². The van der Waals surface area contributed by atoms with E-state index in [1.165, 1.54) is 18.5 Å². The Morgan fingerprint density at radius 1 is 1.15 bits per heavy atom. The summed E-state index contributed by atoms with van der Waals surface area (Å²) < 4.78 is 43.1. The Balaban J connectivity index is 2.14. The van der Waals surface area contributed by atoms with Gasteiger partial charge < -0.3 is 4.74 Å². The van der Waals surface area contributed by atoms with Gasteiger partial charge in [0.05, 0.1) is 11.1 Å². The Kier molecular flexibility index (Phi) is 2.74. The Morgan fingerprint density at radius 3 is 2.65 bits per heavy atom. The maximum Gasteiger partial charge on any atom is 0.416 e. The minimum atomic E-state index is -4.41. The van der Waals surface area contributed by atoms with Crippen LogP contribution in [-0.4, -0.2) is 11.0 Å². The maximum atomic E-state index is 12.7. The van der Waals surface area contributed by atoms with Crippen molar-refractivity contribution >= 4 is 5.97 Å². The molecule has 0 aliphatic carbocycles. The number of ether oxygens (including phenoxy) is 1. The number of alkyl halides is 3. The highest BCUT2D eigenvalue weighted by molar-refractivity contribution is 5.95. The first-order valence-electron chi connectivity index (χ1n) is 5.78. The number of fused-ring (bicyclic) bond motifs is 1. The summed E-state index contributed by atoms with van der Waals surface area (Å²) in [6.45, 7) is 0.0578. The molecule has 0 spiro atoms. The lowest BCUT2D eigenvalue weighted by Crippen LogP contribution is -2.04. The van der Waals surface area contributed by atoms with Crippen LogP contribution in [-0.2, 0) is 17.5 Å². The quantitative estimate of drug-likeness (QED) is 0.751. The number of aromatic nitrogens is 1. The number of carbonyl (C=O) groups is 1. The Labute approximate surface area is 112 Å². The molecule has 0 N–H and O–H groups in total. The van der Waals surface area contributed by atoms with E-state index in [9.17, 15) is 18.0 Å². The molecular formula is C14H8F3NO2. The van der Waals surface area contributed by atoms with Gasteiger partial charge in [-0.3, -0.25) is 4.98 Å². The molecule has 0 saturated carbocycles. The number of halogens is 3. The van der Waals surface area contributed by atoms with Crippen molar-refractivity contribution in [2.75, 3.05) is 0 Å². The molecule has 0 fully saturated rings. The minimum Gasteiger partial charge on any atom is -0.457 e. The predicted molar refractivity (Wildman–Crippen MR) is 63.8 cm³/mol. The lowest BCUT2D eigenvalue weighted by molar-refractivity contribution is -0.137. The van der Waals surface area contributed by atoms with E-state index >= 15 is 0 Å². The molecule has 0 unspecified atom stereocenters. The average Bonchev–Trinajstić information content (AvgIpc) is 2.80. The standard InChI is InChI=1S/C14H8F3NO2/c15-14(16,17)9-3-1-2-8(4-9)10-5-18-6-11-12(10)7-20-13(11)19/h1-6H,7H2. The van der Waals surface area contributed by atoms with E-state index in [1.807, 2.05) is 0 Å². The number of esters is 1. The molecule has 0 saturated heterocycles. The zero-order valence-corrected chi connectivity index (χ0v) is 10.1. The lowest BCUT2D eigenvalue weighted by Gasteiger charge is -2.10. The van der Waals surface area contributed by atoms with Crippen LogP contribution in [0.2, 0.25) is 0 Å². The van der Waals surface area contributed by atoms with Crippen LogP contribution in [0.15, 0.2) is 36.7 Å². The van der Waals surface area contributed by atoms with Gasteiger partial charge >= 0.3 is 12.1 Å². The van der Waals surface area contributed by atoms with E-state index in [0.717, 1.165) is 12.1 Å². The van der Waals surface area contributed by atoms with Crippen LogP contribution in [0.5, 0.6) is 0 Å². The molecule has 0 bridgehead atoms. The van der Waals surface area contributed by atoms with Gasteiger partial charge in [-0.05, 0) is 17.7 Å². The summed E-state index contributed by atoms with van der Waals surface area (Å²) >= 11 is 0. The zero-order chi connectivity index (χ0) is 14.3. The number of benzene rings is 1. The summed E-state index contributed by atoms with van der Waals surface area (Å²) in [4.78, 5) is 15.3. The fourth-order valence-electron chi connectivity index (χ4n) is 2.15. The van der Waals surface area contributed by atoms with E-state index in [1.54, 1.807) is 6.07 Å². The van der Waals surface area contributed by atoms with Gasteiger partial charge in [-0.25, -0.2) is 4.79 Å². The van der Waals surface area contributed by atoms with Crippen LogP contribution in [0.1, 0.15) is 21.5 Å². The largest absolute Gasteiger partial charge is 0.457 e. The topological polar surface area (TPSA) is 39.2 Å². The summed E-state index contributed by atoms with van der Waals surface area (Å²) in [5.41, 5.74) is 0.990. The molecule has 1 aromatic carbocycles. The number of pyridine rings is 1. The van der Waals surface area contributed by atoms with Crippen molar-refractivity contribution in [1.29, 1.82) is 0 Å². The van der Waals surface area contributed by atoms with Gasteiger partial charge in [-0.15, -0.1) is 0 Å². The molecular weight excluding hydrogens is 271 g/mol. The normalized spacial score (nSPS) is 14.1. The van der Waals surface area contributed by atoms with Gasteiger partial charge in [-0.2, -0.15) is 13.2 Å². The summed E-state index contributed by atoms with van der Waals surface area (Å²) in [6, 6.07) is 4.92. The van der Waals surface area contributed by atoms with Crippen molar-refractivity contribution in [3.05, 3.63) is 53.3 Å². The second-order valence-electron chi connectivity index (χ2n) is 4.37. The number of hydrogen-bond acceptors (Lipinski definition) is 3. The maximum absolute atomic E-state index is 12.7. The van der Waals surface area contributed by atoms with Crippen molar-refractivity contribution in [3.63, 3.8) is 0 Å². The van der Waals surface area contributed by atoms with Crippen molar-refractivity contribution in [3.8, 4) is 11.1 Å². The third-order valence-corrected chi connectivity index (χ3v) is 3.13. The summed E-state index contributed by atoms with van der Waals surface area (Å²) in [5, 5.41) is 0. The summed E-state index contributed by atoms with van der Waals surface area (Å²) in [5.74, 6) is -0.499. The van der Waals surface area contributed by atoms with Gasteiger partial charge in [-0.1, -0.05) is 12.1 Å². The second-order valence-corrected chi connectivity index (χ2v) is 4.37. The molecule has 0 amide bonds. The lowest BCUT2D eigenvalue weighted by atomic mass is 9.98. The number of rotatable bonds is 1. The summed E-state index contributed by atoms with van der Waals surface area (Å²) in [6.07, 6.45) is -1.61. The molecule has 20 heavy (non-hydrogen) atoms. The molecule has 0 atom stereocenters. The highest BCUT2D eigenvalue weighted by Gasteiger charge is 2.31. The van der Waals surface area contributed by atoms with Crippen molar-refractivity contribution < 1.29 is 22.7 Å². The highest BCUT2D eigenvalue weighted by atomic mass is 19.4. The van der Waals surface area contributed by atoms with Crippen molar-refractivity contribution in [2.45, 2.75) is 12.8 Å². The molecule has 1 aromatic heterocycles. The molecule has 2 heterocycles. The number of hydrogen-bond donors (Lipinski definition) is 0. The SMILES string of the molecule is O=C1OCc2c1cncc2-c1cccc(C(F)(F)F)c1. The molecule has 102 valence electrons. The molecule has 3 nitrogen and oxygen atoms in total. The first-order chi connectivity index (χ1) is 9.47. The van der Waals surface area contributed by atoms with E-state index < -0.39 is 17.7 Å². The third-order valence-electron chi connectivity index (χ3n) is 3.13. The van der Waals surface area contributed by atoms with Gasteiger partial charge in [0.1, 0.15) is 6.61 Å². The third kappa shape index (κ3) is 2.03. The van der Waals surface area contributed by atoms with Crippen molar-refractivity contribution in [2.24, 2.45) is 0 Å². The smallest absolute Gasteiger partial charge is 0.416 e. The van der Waals surface area contributed by atoms with Crippen LogP contribution in [0.25, 0.3) is 11.1 Å². The van der Waals surface area contributed by atoms with Gasteiger partial charge in [0.15, 0.2) is 0 Å².